The Balaban J connectivity index is 1.68. The highest BCUT2D eigenvalue weighted by Gasteiger charge is 2.04. The Morgan fingerprint density at radius 1 is 0.882 bits per heavy atom. The lowest BCUT2D eigenvalue weighted by molar-refractivity contribution is -0.138. The van der Waals surface area contributed by atoms with Crippen LogP contribution >= 0.6 is 0 Å². The summed E-state index contributed by atoms with van der Waals surface area (Å²) < 4.78 is 5.24. The Hall–Kier alpha value is -2.49. The van der Waals surface area contributed by atoms with E-state index in [1.807, 2.05) is 36.7 Å². The van der Waals surface area contributed by atoms with Gasteiger partial charge in [0.25, 0.3) is 0 Å². The number of hydrogen-bond acceptors (Lipinski definition) is 4. The van der Waals surface area contributed by atoms with E-state index in [1.54, 1.807) is 6.08 Å². The molecule has 0 radical (unpaired) electrons. The number of hydrogen-bond donors (Lipinski definition) is 0. The average Bonchev–Trinajstić information content (AvgIpc) is 2.87. The third kappa shape index (κ3) is 11.6. The summed E-state index contributed by atoms with van der Waals surface area (Å²) in [6.45, 7) is 6.90. The summed E-state index contributed by atoms with van der Waals surface area (Å²) in [5.41, 5.74) is 3.13. The molecule has 2 rings (SSSR count). The molecule has 0 N–H and O–H groups in total. The molecule has 0 aliphatic heterocycles. The second kappa shape index (κ2) is 17.0. The molecule has 0 aliphatic carbocycles. The molecule has 1 aromatic heterocycles. The number of aromatic nitrogens is 2. The second-order valence-corrected chi connectivity index (χ2v) is 9.45. The minimum Gasteiger partial charge on any atom is -0.462 e. The van der Waals surface area contributed by atoms with E-state index in [4.69, 9.17) is 4.74 Å². The summed E-state index contributed by atoms with van der Waals surface area (Å²) in [6.07, 6.45) is 22.7. The molecule has 0 aliphatic rings. The minimum atomic E-state index is -0.300. The topological polar surface area (TPSA) is 52.1 Å². The molecular weight excluding hydrogens is 420 g/mol. The number of ether oxygens (including phenoxy) is 1. The van der Waals surface area contributed by atoms with Crippen molar-refractivity contribution in [3.05, 3.63) is 53.9 Å². The number of aryl methyl sites for hydroxylation is 1. The number of rotatable bonds is 17. The Labute approximate surface area is 207 Å². The molecule has 1 atom stereocenters. The molecule has 0 saturated carbocycles. The first-order valence-corrected chi connectivity index (χ1v) is 13.4. The summed E-state index contributed by atoms with van der Waals surface area (Å²) in [4.78, 5) is 20.9. The van der Waals surface area contributed by atoms with Crippen LogP contribution in [0.3, 0.4) is 0 Å². The van der Waals surface area contributed by atoms with Gasteiger partial charge in [-0.3, -0.25) is 0 Å². The van der Waals surface area contributed by atoms with Gasteiger partial charge in [0, 0.05) is 24.0 Å². The van der Waals surface area contributed by atoms with Gasteiger partial charge in [0.15, 0.2) is 5.82 Å². The van der Waals surface area contributed by atoms with Gasteiger partial charge in [-0.2, -0.15) is 0 Å². The van der Waals surface area contributed by atoms with E-state index in [0.717, 1.165) is 29.8 Å². The fourth-order valence-electron chi connectivity index (χ4n) is 3.75. The number of nitrogens with zero attached hydrogens (tertiary/aromatic N) is 2. The third-order valence-electron chi connectivity index (χ3n) is 6.31. The van der Waals surface area contributed by atoms with Crippen LogP contribution in [0.25, 0.3) is 17.5 Å². The van der Waals surface area contributed by atoms with E-state index in [0.29, 0.717) is 12.5 Å². The zero-order chi connectivity index (χ0) is 24.4. The zero-order valence-electron chi connectivity index (χ0n) is 21.6. The molecule has 0 bridgehead atoms. The van der Waals surface area contributed by atoms with E-state index < -0.39 is 0 Å². The first-order chi connectivity index (χ1) is 16.6. The maximum atomic E-state index is 11.8. The van der Waals surface area contributed by atoms with Gasteiger partial charge in [0.2, 0.25) is 0 Å². The Kier molecular flexibility index (Phi) is 13.9. The van der Waals surface area contributed by atoms with Crippen LogP contribution < -0.4 is 0 Å². The minimum absolute atomic E-state index is 0.300. The number of carbonyl (C=O) groups excluding carboxylic acids is 1. The van der Waals surface area contributed by atoms with Crippen molar-refractivity contribution in [2.24, 2.45) is 5.92 Å². The van der Waals surface area contributed by atoms with E-state index in [9.17, 15) is 4.79 Å². The van der Waals surface area contributed by atoms with Gasteiger partial charge in [0.05, 0.1) is 6.61 Å². The molecule has 4 nitrogen and oxygen atoms in total. The number of unbranched alkanes of at least 4 members (excludes halogenated alkanes) is 9. The van der Waals surface area contributed by atoms with Crippen LogP contribution in [0.1, 0.15) is 103 Å². The molecule has 0 spiro atoms. The lowest BCUT2D eigenvalue weighted by Crippen LogP contribution is -2.08. The first kappa shape index (κ1) is 27.8. The highest BCUT2D eigenvalue weighted by atomic mass is 16.5. The van der Waals surface area contributed by atoms with Crippen LogP contribution in [0.15, 0.2) is 42.7 Å². The summed E-state index contributed by atoms with van der Waals surface area (Å²) >= 11 is 0. The first-order valence-electron chi connectivity index (χ1n) is 13.4. The van der Waals surface area contributed by atoms with Crippen molar-refractivity contribution >= 4 is 12.0 Å². The van der Waals surface area contributed by atoms with Crippen LogP contribution in [-0.4, -0.2) is 22.5 Å². The number of carbonyl (C=O) groups is 1. The van der Waals surface area contributed by atoms with E-state index >= 15 is 0 Å². The fraction of sp³-hybridized carbons (Fsp3) is 0.567. The molecule has 2 aromatic rings. The Morgan fingerprint density at radius 3 is 2.06 bits per heavy atom. The van der Waals surface area contributed by atoms with Crippen molar-refractivity contribution in [2.45, 2.75) is 97.8 Å². The Bertz CT molecular complexity index is 828. The molecule has 186 valence electrons. The lowest BCUT2D eigenvalue weighted by Gasteiger charge is -2.07. The average molecular weight is 465 g/mol. The lowest BCUT2D eigenvalue weighted by atomic mass is 10.0. The van der Waals surface area contributed by atoms with Crippen LogP contribution in [0, 0.1) is 5.92 Å². The Morgan fingerprint density at radius 2 is 1.47 bits per heavy atom. The van der Waals surface area contributed by atoms with Crippen molar-refractivity contribution in [3.8, 4) is 11.4 Å². The second-order valence-electron chi connectivity index (χ2n) is 9.45. The van der Waals surface area contributed by atoms with Gasteiger partial charge in [-0.25, -0.2) is 14.8 Å². The normalized spacial score (nSPS) is 12.2. The van der Waals surface area contributed by atoms with Crippen LogP contribution in [0.4, 0.5) is 0 Å². The molecule has 0 amide bonds. The summed E-state index contributed by atoms with van der Waals surface area (Å²) in [6, 6.07) is 7.91. The van der Waals surface area contributed by atoms with Gasteiger partial charge < -0.3 is 4.74 Å². The van der Waals surface area contributed by atoms with E-state index in [-0.39, 0.29) is 5.97 Å². The van der Waals surface area contributed by atoms with Crippen molar-refractivity contribution in [1.82, 2.24) is 9.97 Å². The monoisotopic (exact) mass is 464 g/mol. The van der Waals surface area contributed by atoms with Crippen molar-refractivity contribution in [2.75, 3.05) is 6.61 Å². The SMILES string of the molecule is CCCCCCCCCCCCc1cnc(-c2ccc(C=CC(=O)OC[C@H](C)CC)cc2)nc1. The third-order valence-corrected chi connectivity index (χ3v) is 6.31. The zero-order valence-corrected chi connectivity index (χ0v) is 21.6. The summed E-state index contributed by atoms with van der Waals surface area (Å²) in [5, 5.41) is 0. The van der Waals surface area contributed by atoms with Gasteiger partial charge in [-0.05, 0) is 36.0 Å². The van der Waals surface area contributed by atoms with Crippen LogP contribution in [-0.2, 0) is 16.0 Å². The molecule has 1 heterocycles. The van der Waals surface area contributed by atoms with Crippen LogP contribution in [0.5, 0.6) is 0 Å². The maximum absolute atomic E-state index is 11.8. The summed E-state index contributed by atoms with van der Waals surface area (Å²) in [5.74, 6) is 0.818. The van der Waals surface area contributed by atoms with Gasteiger partial charge in [-0.15, -0.1) is 0 Å². The molecule has 4 heteroatoms. The quantitative estimate of drug-likeness (QED) is 0.134. The molecule has 34 heavy (non-hydrogen) atoms. The summed E-state index contributed by atoms with van der Waals surface area (Å²) in [7, 11) is 0. The number of benzene rings is 1. The predicted octanol–water partition coefficient (Wildman–Crippen LogP) is 8.21. The highest BCUT2D eigenvalue weighted by Crippen LogP contribution is 2.17. The van der Waals surface area contributed by atoms with E-state index in [2.05, 4.69) is 30.7 Å². The largest absolute Gasteiger partial charge is 0.462 e. The van der Waals surface area contributed by atoms with Crippen LogP contribution in [0.2, 0.25) is 0 Å². The van der Waals surface area contributed by atoms with Gasteiger partial charge in [0.1, 0.15) is 0 Å². The van der Waals surface area contributed by atoms with Crippen molar-refractivity contribution in [3.63, 3.8) is 0 Å². The van der Waals surface area contributed by atoms with Crippen molar-refractivity contribution in [1.29, 1.82) is 0 Å². The molecular formula is C30H44N2O2. The van der Waals surface area contributed by atoms with Gasteiger partial charge in [-0.1, -0.05) is 109 Å². The van der Waals surface area contributed by atoms with Crippen molar-refractivity contribution < 1.29 is 9.53 Å². The van der Waals surface area contributed by atoms with Gasteiger partial charge >= 0.3 is 5.97 Å². The maximum Gasteiger partial charge on any atom is 0.330 e. The predicted molar refractivity (Wildman–Crippen MR) is 142 cm³/mol. The molecule has 1 aromatic carbocycles. The standard InChI is InChI=1S/C30H44N2O2/c1-4-6-7-8-9-10-11-12-13-14-15-27-22-31-30(32-23-27)28-19-16-26(17-20-28)18-21-29(33)34-24-25(3)5-2/h16-23,25H,4-15,24H2,1-3H3/t25-/m1/s1. The molecule has 0 fully saturated rings. The molecule has 0 saturated heterocycles. The smallest absolute Gasteiger partial charge is 0.330 e. The van der Waals surface area contributed by atoms with E-state index in [1.165, 1.54) is 75.8 Å². The highest BCUT2D eigenvalue weighted by molar-refractivity contribution is 5.87. The molecule has 0 unspecified atom stereocenters. The number of esters is 1. The fourth-order valence-corrected chi connectivity index (χ4v) is 3.75.